The van der Waals surface area contributed by atoms with Gasteiger partial charge in [0, 0.05) is 21.2 Å². The highest BCUT2D eigenvalue weighted by Gasteiger charge is 2.19. The third kappa shape index (κ3) is 2.69. The Kier molecular flexibility index (Phi) is 3.61. The number of aliphatic hydroxyl groups is 1. The molecule has 1 atom stereocenters. The zero-order valence-electron chi connectivity index (χ0n) is 10.3. The van der Waals surface area contributed by atoms with Crippen LogP contribution in [0.4, 0.5) is 4.39 Å². The van der Waals surface area contributed by atoms with Gasteiger partial charge in [-0.05, 0) is 48.6 Å². The lowest BCUT2D eigenvalue weighted by molar-refractivity contribution is 0.182. The summed E-state index contributed by atoms with van der Waals surface area (Å²) in [5.41, 5.74) is 2.16. The van der Waals surface area contributed by atoms with E-state index in [-0.39, 0.29) is 5.82 Å². The Morgan fingerprint density at radius 2 is 2.16 bits per heavy atom. The first-order valence-corrected chi connectivity index (χ1v) is 7.56. The Balaban J connectivity index is 1.78. The van der Waals surface area contributed by atoms with E-state index < -0.39 is 6.10 Å². The molecule has 0 radical (unpaired) electrons. The van der Waals surface area contributed by atoms with Crippen molar-refractivity contribution in [1.82, 2.24) is 0 Å². The van der Waals surface area contributed by atoms with Crippen LogP contribution in [0.5, 0.6) is 0 Å². The SMILES string of the molecule is OC(Cc1ccc(F)cc1Cl)c1cc2c(s1)CCC2. The fourth-order valence-corrected chi connectivity index (χ4v) is 4.00. The number of aryl methyl sites for hydroxylation is 2. The smallest absolute Gasteiger partial charge is 0.124 e. The molecule has 1 heterocycles. The molecular formula is C15H14ClFOS. The maximum absolute atomic E-state index is 13.0. The summed E-state index contributed by atoms with van der Waals surface area (Å²) in [7, 11) is 0. The van der Waals surface area contributed by atoms with E-state index >= 15 is 0 Å². The van der Waals surface area contributed by atoms with E-state index in [2.05, 4.69) is 6.07 Å². The van der Waals surface area contributed by atoms with Gasteiger partial charge in [-0.1, -0.05) is 17.7 Å². The highest BCUT2D eigenvalue weighted by Crippen LogP contribution is 2.35. The Hall–Kier alpha value is -0.900. The van der Waals surface area contributed by atoms with Gasteiger partial charge in [-0.3, -0.25) is 0 Å². The number of thiophene rings is 1. The second-order valence-electron chi connectivity index (χ2n) is 4.91. The quantitative estimate of drug-likeness (QED) is 0.895. The molecule has 100 valence electrons. The van der Waals surface area contributed by atoms with Crippen molar-refractivity contribution in [3.05, 3.63) is 56.0 Å². The fraction of sp³-hybridized carbons (Fsp3) is 0.333. The summed E-state index contributed by atoms with van der Waals surface area (Å²) in [6.45, 7) is 0. The zero-order chi connectivity index (χ0) is 13.4. The summed E-state index contributed by atoms with van der Waals surface area (Å²) in [6, 6.07) is 6.41. The molecule has 0 amide bonds. The van der Waals surface area contributed by atoms with Gasteiger partial charge >= 0.3 is 0 Å². The Morgan fingerprint density at radius 3 is 2.89 bits per heavy atom. The lowest BCUT2D eigenvalue weighted by Gasteiger charge is -2.10. The van der Waals surface area contributed by atoms with Crippen LogP contribution in [-0.2, 0) is 19.3 Å². The molecule has 0 fully saturated rings. The van der Waals surface area contributed by atoms with Gasteiger partial charge < -0.3 is 5.11 Å². The second kappa shape index (κ2) is 5.23. The minimum Gasteiger partial charge on any atom is -0.387 e. The summed E-state index contributed by atoms with van der Waals surface area (Å²) in [5, 5.41) is 10.7. The summed E-state index contributed by atoms with van der Waals surface area (Å²) in [6.07, 6.45) is 3.35. The number of benzene rings is 1. The highest BCUT2D eigenvalue weighted by atomic mass is 35.5. The monoisotopic (exact) mass is 296 g/mol. The van der Waals surface area contributed by atoms with Crippen LogP contribution in [0.25, 0.3) is 0 Å². The van der Waals surface area contributed by atoms with Crippen molar-refractivity contribution >= 4 is 22.9 Å². The predicted molar refractivity (Wildman–Crippen MR) is 76.4 cm³/mol. The first-order chi connectivity index (χ1) is 9.13. The molecule has 1 aliphatic carbocycles. The van der Waals surface area contributed by atoms with Crippen molar-refractivity contribution in [3.8, 4) is 0 Å². The van der Waals surface area contributed by atoms with Crippen LogP contribution in [0.3, 0.4) is 0 Å². The minimum absolute atomic E-state index is 0.349. The highest BCUT2D eigenvalue weighted by molar-refractivity contribution is 7.12. The Bertz CT molecular complexity index is 587. The lowest BCUT2D eigenvalue weighted by Crippen LogP contribution is -2.00. The molecular weight excluding hydrogens is 283 g/mol. The first kappa shape index (κ1) is 13.1. The first-order valence-electron chi connectivity index (χ1n) is 6.37. The molecule has 19 heavy (non-hydrogen) atoms. The second-order valence-corrected chi connectivity index (χ2v) is 6.48. The fourth-order valence-electron chi connectivity index (χ4n) is 2.51. The average molecular weight is 297 g/mol. The van der Waals surface area contributed by atoms with E-state index in [9.17, 15) is 9.50 Å². The number of hydrogen-bond donors (Lipinski definition) is 1. The molecule has 0 spiro atoms. The maximum Gasteiger partial charge on any atom is 0.124 e. The molecule has 4 heteroatoms. The van der Waals surface area contributed by atoms with E-state index in [0.717, 1.165) is 23.3 Å². The summed E-state index contributed by atoms with van der Waals surface area (Å²) < 4.78 is 13.0. The minimum atomic E-state index is -0.557. The van der Waals surface area contributed by atoms with Gasteiger partial charge in [-0.25, -0.2) is 4.39 Å². The number of rotatable bonds is 3. The van der Waals surface area contributed by atoms with Gasteiger partial charge in [-0.15, -0.1) is 11.3 Å². The van der Waals surface area contributed by atoms with E-state index in [1.54, 1.807) is 17.4 Å². The van der Waals surface area contributed by atoms with E-state index in [0.29, 0.717) is 11.4 Å². The number of fused-ring (bicyclic) bond motifs is 1. The molecule has 0 saturated heterocycles. The average Bonchev–Trinajstić information content (AvgIpc) is 2.93. The van der Waals surface area contributed by atoms with Crippen molar-refractivity contribution in [2.75, 3.05) is 0 Å². The van der Waals surface area contributed by atoms with Crippen LogP contribution in [0.2, 0.25) is 5.02 Å². The molecule has 1 aromatic carbocycles. The molecule has 2 aromatic rings. The van der Waals surface area contributed by atoms with Crippen molar-refractivity contribution in [2.45, 2.75) is 31.8 Å². The Labute approximate surface area is 120 Å². The van der Waals surface area contributed by atoms with Gasteiger partial charge in [-0.2, -0.15) is 0 Å². The van der Waals surface area contributed by atoms with Crippen LogP contribution in [0, 0.1) is 5.82 Å². The largest absolute Gasteiger partial charge is 0.387 e. The molecule has 1 N–H and O–H groups in total. The van der Waals surface area contributed by atoms with Gasteiger partial charge in [0.25, 0.3) is 0 Å². The Morgan fingerprint density at radius 1 is 1.32 bits per heavy atom. The number of hydrogen-bond acceptors (Lipinski definition) is 2. The third-order valence-corrected chi connectivity index (χ3v) is 5.21. The van der Waals surface area contributed by atoms with Gasteiger partial charge in [0.15, 0.2) is 0 Å². The summed E-state index contributed by atoms with van der Waals surface area (Å²) in [4.78, 5) is 2.39. The molecule has 1 unspecified atom stereocenters. The topological polar surface area (TPSA) is 20.2 Å². The van der Waals surface area contributed by atoms with Crippen LogP contribution in [0.1, 0.15) is 33.4 Å². The third-order valence-electron chi connectivity index (χ3n) is 3.52. The molecule has 0 saturated carbocycles. The molecule has 0 aliphatic heterocycles. The molecule has 1 aromatic heterocycles. The van der Waals surface area contributed by atoms with Crippen LogP contribution in [0.15, 0.2) is 24.3 Å². The zero-order valence-corrected chi connectivity index (χ0v) is 11.9. The van der Waals surface area contributed by atoms with Crippen molar-refractivity contribution in [3.63, 3.8) is 0 Å². The van der Waals surface area contributed by atoms with Gasteiger partial charge in [0.1, 0.15) is 5.82 Å². The van der Waals surface area contributed by atoms with Crippen LogP contribution in [-0.4, -0.2) is 5.11 Å². The molecule has 0 bridgehead atoms. The normalized spacial score (nSPS) is 15.5. The van der Waals surface area contributed by atoms with Gasteiger partial charge in [0.2, 0.25) is 0 Å². The lowest BCUT2D eigenvalue weighted by atomic mass is 10.1. The van der Waals surface area contributed by atoms with Gasteiger partial charge in [0.05, 0.1) is 6.10 Å². The predicted octanol–water partition coefficient (Wildman–Crippen LogP) is 4.31. The van der Waals surface area contributed by atoms with Crippen LogP contribution >= 0.6 is 22.9 Å². The summed E-state index contributed by atoms with van der Waals surface area (Å²) in [5.74, 6) is -0.349. The van der Waals surface area contributed by atoms with Crippen molar-refractivity contribution in [2.24, 2.45) is 0 Å². The van der Waals surface area contributed by atoms with Crippen molar-refractivity contribution in [1.29, 1.82) is 0 Å². The molecule has 3 rings (SSSR count). The standard InChI is InChI=1S/C15H14ClFOS/c16-12-8-11(17)5-4-9(12)6-13(18)15-7-10-2-1-3-14(10)19-15/h4-5,7-8,13,18H,1-3,6H2. The van der Waals surface area contributed by atoms with Crippen LogP contribution < -0.4 is 0 Å². The number of halogens is 2. The van der Waals surface area contributed by atoms with E-state index in [4.69, 9.17) is 11.6 Å². The number of aliphatic hydroxyl groups excluding tert-OH is 1. The maximum atomic E-state index is 13.0. The van der Waals surface area contributed by atoms with E-state index in [1.165, 1.54) is 29.0 Å². The van der Waals surface area contributed by atoms with E-state index in [1.807, 2.05) is 0 Å². The van der Waals surface area contributed by atoms with Crippen molar-refractivity contribution < 1.29 is 9.50 Å². The molecule has 1 nitrogen and oxygen atoms in total. The molecule has 1 aliphatic rings. The summed E-state index contributed by atoms with van der Waals surface area (Å²) >= 11 is 7.68.